The molecule has 7 aromatic heterocycles. The second kappa shape index (κ2) is 52.1. The monoisotopic (exact) mass is 1710 g/mol. The van der Waals surface area contributed by atoms with Crippen LogP contribution in [0.4, 0.5) is 0 Å². The number of Topliss-reactive ketones (excluding diaryl/α,β-unsaturated/α-hetero) is 3. The SMILES string of the molecule is CCCC(=O)c1nc(=O)n(CC)c(=O)n1PC.CCCC(=O)c1nc(=O)n(CC)c(=O)n1PC.CCCCC(=O)c1nc(=O)n(CC)c(=O)n1PC.CCn1c(=O)nc(C(=O)O)[nH]c1=O.CCn1c(=O)nc(C(=O)O)n(PC)c1=O.CCn1c(=O)nc(C(=O)OC)[nH]c1=O.CCn1c(=O)nc(C(=O)OC)n(PC)c1=O.CPO. The van der Waals surface area contributed by atoms with Gasteiger partial charge in [0.1, 0.15) is 0 Å². The third-order valence-electron chi connectivity index (χ3n) is 14.1. The highest BCUT2D eigenvalue weighted by molar-refractivity contribution is 7.36. The first-order valence-electron chi connectivity index (χ1n) is 33.9. The van der Waals surface area contributed by atoms with Gasteiger partial charge in [-0.25, -0.2) is 118 Å². The van der Waals surface area contributed by atoms with Crippen LogP contribution in [0.1, 0.15) is 189 Å². The summed E-state index contributed by atoms with van der Waals surface area (Å²) in [5.41, 5.74) is -9.07. The molecular weight excluding hydrogens is 1620 g/mol. The van der Waals surface area contributed by atoms with Crippen molar-refractivity contribution in [3.05, 3.63) is 188 Å². The second-order valence-corrected chi connectivity index (χ2v) is 26.0. The molecule has 47 nitrogen and oxygen atoms in total. The molecule has 7 aromatic rings. The predicted octanol–water partition coefficient (Wildman–Crippen LogP) is -2.11. The summed E-state index contributed by atoms with van der Waals surface area (Å²) in [5, 5.41) is 17.2. The Balaban J connectivity index is 0.00000129. The summed E-state index contributed by atoms with van der Waals surface area (Å²) in [6, 6.07) is 0. The van der Waals surface area contributed by atoms with Crippen LogP contribution in [0.15, 0.2) is 67.1 Å². The molecule has 0 spiro atoms. The fraction of sp³-hybridized carbons (Fsp3) is 0.533. The van der Waals surface area contributed by atoms with E-state index in [0.717, 1.165) is 60.6 Å². The van der Waals surface area contributed by atoms with E-state index >= 15 is 0 Å². The molecule has 53 heteroatoms. The van der Waals surface area contributed by atoms with Crippen molar-refractivity contribution in [2.24, 2.45) is 0 Å². The van der Waals surface area contributed by atoms with Crippen molar-refractivity contribution in [1.82, 2.24) is 98.5 Å². The lowest BCUT2D eigenvalue weighted by molar-refractivity contribution is 0.0575. The van der Waals surface area contributed by atoms with Gasteiger partial charge in [-0.3, -0.25) is 46.0 Å². The lowest BCUT2D eigenvalue weighted by Gasteiger charge is -2.10. The molecular formula is C60H93N21O26P6. The van der Waals surface area contributed by atoms with Gasteiger partial charge >= 0.3 is 104 Å². The Morgan fingerprint density at radius 2 is 0.566 bits per heavy atom. The van der Waals surface area contributed by atoms with Crippen molar-refractivity contribution in [3.8, 4) is 0 Å². The number of carboxylic acid groups (broad SMARTS) is 2. The number of esters is 2. The van der Waals surface area contributed by atoms with E-state index < -0.39 is 115 Å². The largest absolute Gasteiger partial charge is 0.475 e. The number of hydrogen-bond donors (Lipinski definition) is 5. The minimum absolute atomic E-state index is 0.000401. The zero-order chi connectivity index (χ0) is 87.0. The van der Waals surface area contributed by atoms with Crippen LogP contribution in [0, 0.1) is 0 Å². The van der Waals surface area contributed by atoms with Gasteiger partial charge in [0.25, 0.3) is 0 Å². The molecule has 0 amide bonds. The molecule has 0 saturated carbocycles. The van der Waals surface area contributed by atoms with E-state index in [1.54, 1.807) is 88.5 Å². The zero-order valence-corrected chi connectivity index (χ0v) is 71.1. The van der Waals surface area contributed by atoms with Gasteiger partial charge in [-0.05, 0) is 151 Å². The lowest BCUT2D eigenvalue weighted by atomic mass is 10.2. The highest BCUT2D eigenvalue weighted by Gasteiger charge is 2.23. The number of hydrogen-bond acceptors (Lipinski definition) is 31. The first-order chi connectivity index (χ1) is 53.3. The number of ether oxygens (including phenoxy) is 2. The van der Waals surface area contributed by atoms with Crippen LogP contribution in [0.3, 0.4) is 0 Å². The van der Waals surface area contributed by atoms with Crippen molar-refractivity contribution in [2.45, 2.75) is 160 Å². The standard InChI is InChI=1S/C11H18N3O3P.2C10H16N3O3P.C8H12N3O4P.C7H10N3O4P.C7H9N3O4.C6H7N3O4.CH5OP/c1-4-6-7-8(15)9-12-10(16)13(5-2)11(17)14(9)18-3;2*1-4-6-7(14)8-11-9(15)12(5-2)10(16)13(8)17-3;1-4-10-7(13)9-5(6(12)15-2)11(16-3)8(10)14;1-3-9-6(13)8-4(5(11)12)10(15-2)7(9)14;1-3-10-6(12)8-4(5(11)14-2)9-7(10)13;1-2-9-5(12)7-3(4(10)11)8-6(9)13;1-3-2/h18H,4-7H2,1-3H3;2*17H,4-6H2,1-3H3;16H,4H2,1-3H3;15H,3H2,1-2H3,(H,11,12);3H2,1-2H3,(H,8,9,12,13);2H2,1H3,(H,10,11)(H,7,8,12,13);2-3H,1H3. The molecule has 0 fully saturated rings. The van der Waals surface area contributed by atoms with Crippen LogP contribution in [0.2, 0.25) is 0 Å². The number of methoxy groups -OCH3 is 2. The Hall–Kier alpha value is -10.3. The molecule has 6 unspecified atom stereocenters. The first kappa shape index (κ1) is 103. The van der Waals surface area contributed by atoms with Crippen LogP contribution in [0.25, 0.3) is 0 Å². The van der Waals surface area contributed by atoms with Gasteiger partial charge in [0, 0.05) is 73.9 Å². The molecule has 0 aliphatic rings. The van der Waals surface area contributed by atoms with Crippen molar-refractivity contribution in [3.63, 3.8) is 0 Å². The first-order valence-corrected chi connectivity index (χ1v) is 42.6. The van der Waals surface area contributed by atoms with Gasteiger partial charge in [0.15, 0.2) is 34.8 Å². The van der Waals surface area contributed by atoms with Crippen LogP contribution >= 0.6 is 52.5 Å². The van der Waals surface area contributed by atoms with E-state index in [1.807, 2.05) is 25.8 Å². The van der Waals surface area contributed by atoms with Crippen LogP contribution in [-0.4, -0.2) is 209 Å². The number of carbonyl (C=O) groups is 7. The maximum atomic E-state index is 12.0. The number of nitrogens with one attached hydrogen (secondary N) is 2. The minimum Gasteiger partial charge on any atom is -0.475 e. The molecule has 7 rings (SSSR count). The topological polar surface area (TPSA) is 619 Å². The third-order valence-corrected chi connectivity index (χ3v) is 18.3. The molecule has 0 saturated heterocycles. The molecule has 0 radical (unpaired) electrons. The van der Waals surface area contributed by atoms with Gasteiger partial charge in [0.2, 0.25) is 23.3 Å². The third kappa shape index (κ3) is 28.7. The van der Waals surface area contributed by atoms with Crippen molar-refractivity contribution < 1.29 is 58.1 Å². The smallest absolute Gasteiger partial charge is 0.374 e. The molecule has 0 bridgehead atoms. The number of aromatic amines is 2. The van der Waals surface area contributed by atoms with E-state index in [2.05, 4.69) is 49.3 Å². The summed E-state index contributed by atoms with van der Waals surface area (Å²) in [4.78, 5) is 276. The average Bonchev–Trinajstić information content (AvgIpc) is 0.822. The van der Waals surface area contributed by atoms with Gasteiger partial charge in [-0.2, -0.15) is 34.9 Å². The number of ketones is 3. The van der Waals surface area contributed by atoms with E-state index in [-0.39, 0.29) is 145 Å². The summed E-state index contributed by atoms with van der Waals surface area (Å²) in [6.07, 6.45) is 3.87. The Bertz CT molecular complexity index is 5250. The van der Waals surface area contributed by atoms with Crippen molar-refractivity contribution >= 4 is 93.7 Å². The van der Waals surface area contributed by atoms with Crippen LogP contribution in [0.5, 0.6) is 0 Å². The van der Waals surface area contributed by atoms with E-state index in [0.29, 0.717) is 32.1 Å². The van der Waals surface area contributed by atoms with Gasteiger partial charge in [-0.15, -0.1) is 0 Å². The van der Waals surface area contributed by atoms with Crippen molar-refractivity contribution in [2.75, 3.05) is 54.2 Å². The fourth-order valence-electron chi connectivity index (χ4n) is 8.62. The molecule has 0 aliphatic heterocycles. The Morgan fingerprint density at radius 3 is 0.805 bits per heavy atom. The fourth-order valence-corrected chi connectivity index (χ4v) is 12.1. The summed E-state index contributed by atoms with van der Waals surface area (Å²) < 4.78 is 21.3. The average molecular weight is 1710 g/mol. The Kier molecular flexibility index (Phi) is 47.3. The molecule has 7 heterocycles. The lowest BCUT2D eigenvalue weighted by Crippen LogP contribution is -2.42. The molecule has 0 aliphatic carbocycles. The maximum Gasteiger partial charge on any atom is 0.374 e. The molecule has 0 aromatic carbocycles. The zero-order valence-electron chi connectivity index (χ0n) is 65.1. The second-order valence-electron chi connectivity index (χ2n) is 21.0. The highest BCUT2D eigenvalue weighted by atomic mass is 31.1. The number of nitrogens with zero attached hydrogens (tertiary/aromatic N) is 19. The number of carbonyl (C=O) groups excluding carboxylic acids is 5. The maximum absolute atomic E-state index is 12.0. The number of carboxylic acids is 2. The minimum atomic E-state index is -1.43. The van der Waals surface area contributed by atoms with E-state index in [4.69, 9.17) is 15.1 Å². The summed E-state index contributed by atoms with van der Waals surface area (Å²) >= 11 is 0. The van der Waals surface area contributed by atoms with Crippen molar-refractivity contribution in [1.29, 1.82) is 0 Å². The Labute approximate surface area is 649 Å². The number of aromatic nitrogens is 21. The van der Waals surface area contributed by atoms with Gasteiger partial charge < -0.3 is 24.6 Å². The predicted molar refractivity (Wildman–Crippen MR) is 425 cm³/mol. The molecule has 113 heavy (non-hydrogen) atoms. The number of unbranched alkanes of at least 4 members (excludes halogenated alkanes) is 1. The van der Waals surface area contributed by atoms with Crippen LogP contribution < -0.4 is 79.7 Å². The van der Waals surface area contributed by atoms with E-state index in [1.165, 1.54) is 20.1 Å². The molecule has 6 atom stereocenters. The Morgan fingerprint density at radius 1 is 0.327 bits per heavy atom. The van der Waals surface area contributed by atoms with Crippen LogP contribution in [-0.2, 0) is 55.3 Å². The summed E-state index contributed by atoms with van der Waals surface area (Å²) in [7, 11) is 2.55. The quantitative estimate of drug-likeness (QED) is 0.0220. The number of H-pyrrole nitrogens is 2. The van der Waals surface area contributed by atoms with Gasteiger partial charge in [0.05, 0.1) is 14.2 Å². The molecule has 5 N–H and O–H groups in total. The number of aromatic carboxylic acids is 2. The highest BCUT2D eigenvalue weighted by Crippen LogP contribution is 2.13. The summed E-state index contributed by atoms with van der Waals surface area (Å²) in [6.45, 7) is 29.2. The summed E-state index contributed by atoms with van der Waals surface area (Å²) in [5.74, 6) is -6.95. The van der Waals surface area contributed by atoms with E-state index in [9.17, 15) is 101 Å². The normalized spacial score (nSPS) is 10.8. The van der Waals surface area contributed by atoms with Gasteiger partial charge in [-0.1, -0.05) is 27.2 Å². The molecule has 624 valence electrons. The number of rotatable bonds is 26.